The van der Waals surface area contributed by atoms with Crippen LogP contribution in [0.25, 0.3) is 0 Å². The minimum absolute atomic E-state index is 0. The van der Waals surface area contributed by atoms with Crippen molar-refractivity contribution < 1.29 is 162 Å². The second-order valence-electron chi connectivity index (χ2n) is 1.26. The first-order chi connectivity index (χ1) is 5.64. The predicted molar refractivity (Wildman–Crippen MR) is 50.5 cm³/mol. The quantitative estimate of drug-likeness (QED) is 0.280. The van der Waals surface area contributed by atoms with Gasteiger partial charge < -0.3 is 39.8 Å². The Labute approximate surface area is 217 Å². The average Bonchev–Trinajstić information content (AvgIpc) is 2.06. The molecule has 0 aliphatic carbocycles. The van der Waals surface area contributed by atoms with Gasteiger partial charge in [-0.2, -0.15) is 13.8 Å². The van der Waals surface area contributed by atoms with Crippen molar-refractivity contribution in [1.29, 1.82) is 0 Å². The number of rotatable bonds is 2. The Morgan fingerprint density at radius 1 is 1.00 bits per heavy atom. The minimum Gasteiger partial charge on any atom is -0.876 e. The number of carbonyl (C=O) groups excluding carboxylic acids is 2. The zero-order valence-electron chi connectivity index (χ0n) is 12.1. The van der Waals surface area contributed by atoms with Crippen molar-refractivity contribution >= 4 is 12.6 Å². The molecule has 0 aliphatic rings. The summed E-state index contributed by atoms with van der Waals surface area (Å²) >= 11 is 0. The van der Waals surface area contributed by atoms with E-state index in [-0.39, 0.29) is 152 Å². The second kappa shape index (κ2) is 74.0. The van der Waals surface area contributed by atoms with Gasteiger partial charge in [-0.15, -0.1) is 0 Å². The van der Waals surface area contributed by atoms with Crippen LogP contribution in [0.2, 0.25) is 0 Å². The maximum absolute atomic E-state index is 9.37. The van der Waals surface area contributed by atoms with Gasteiger partial charge in [-0.1, -0.05) is 0 Å². The maximum Gasteiger partial charge on any atom is 1.00 e. The molecule has 1 N–H and O–H groups in total. The van der Waals surface area contributed by atoms with E-state index in [1.807, 2.05) is 0 Å². The van der Waals surface area contributed by atoms with Crippen LogP contribution in [0.4, 0.5) is 0 Å². The molecule has 5 nitrogen and oxygen atoms in total. The molecule has 0 unspecified atom stereocenters. The minimum atomic E-state index is -0.760. The van der Waals surface area contributed by atoms with E-state index in [0.29, 0.717) is 0 Å². The summed E-state index contributed by atoms with van der Waals surface area (Å²) in [6, 6.07) is 0. The van der Waals surface area contributed by atoms with Gasteiger partial charge in [0.1, 0.15) is 0 Å². The van der Waals surface area contributed by atoms with Gasteiger partial charge in [0.2, 0.25) is 0 Å². The van der Waals surface area contributed by atoms with Crippen molar-refractivity contribution in [2.45, 2.75) is 13.8 Å². The number of aliphatic hydroxyl groups excluding tert-OH is 1. The van der Waals surface area contributed by atoms with E-state index in [0.717, 1.165) is 0 Å². The largest absolute Gasteiger partial charge is 1.00 e. The van der Waals surface area contributed by atoms with Gasteiger partial charge in [0.15, 0.2) is 0 Å². The van der Waals surface area contributed by atoms with Gasteiger partial charge in [-0.25, -0.2) is 6.10 Å². The van der Waals surface area contributed by atoms with Crippen molar-refractivity contribution in [3.05, 3.63) is 21.0 Å². The maximum atomic E-state index is 9.37. The van der Waals surface area contributed by atoms with Crippen LogP contribution in [0.5, 0.6) is 0 Å². The summed E-state index contributed by atoms with van der Waals surface area (Å²) < 4.78 is 0. The Morgan fingerprint density at radius 3 is 1.11 bits per heavy atom. The molecule has 0 aromatic rings. The van der Waals surface area contributed by atoms with Gasteiger partial charge in [0, 0.05) is 20.4 Å². The fourth-order valence-electron chi connectivity index (χ4n) is 0.0417. The molecular formula is C9H17O5Rb2ReRf-5. The van der Waals surface area contributed by atoms with E-state index < -0.39 is 19.3 Å². The summed E-state index contributed by atoms with van der Waals surface area (Å²) in [7, 11) is 0. The topological polar surface area (TPSA) is 100 Å². The first-order valence-electron chi connectivity index (χ1n) is 2.92. The van der Waals surface area contributed by atoms with Crippen LogP contribution in [0.3, 0.4) is 0 Å². The molecule has 0 bridgehead atoms. The number of hydrogen-bond acceptors (Lipinski definition) is 5. The van der Waals surface area contributed by atoms with Crippen molar-refractivity contribution in [1.82, 2.24) is 0 Å². The van der Waals surface area contributed by atoms with E-state index in [1.54, 1.807) is 0 Å². The zero-order chi connectivity index (χ0) is 10.4. The van der Waals surface area contributed by atoms with Crippen molar-refractivity contribution in [3.63, 3.8) is 0 Å². The monoisotopic (exact) mass is 829 g/mol. The third-order valence-corrected chi connectivity index (χ3v) is 0.333. The smallest absolute Gasteiger partial charge is 0.876 e. The standard InChI is InChI=1S/C3H5O3.2C2H3O.2CH3.2Rb.Re.Rf/c4-1-3(6)2-5;2*1-2-3;;;;;;/h6H,1-2H2;2*1H3;2*1H3;;;;/q-3;4*-1;2*+1;;. The Kier molecular flexibility index (Phi) is 242. The third-order valence-electron chi connectivity index (χ3n) is 0.333. The zero-order valence-corrected chi connectivity index (χ0v) is 31.0. The van der Waals surface area contributed by atoms with Gasteiger partial charge in [-0.05, 0) is 0 Å². The molecule has 0 spiro atoms. The Hall–Kier alpha value is 2.49. The Balaban J connectivity index is -0.00000000879. The van der Waals surface area contributed by atoms with Gasteiger partial charge in [0.25, 0.3) is 0 Å². The fraction of sp³-hybridized carbons (Fsp3) is 0.444. The summed E-state index contributed by atoms with van der Waals surface area (Å²) in [5.74, 6) is 0. The van der Waals surface area contributed by atoms with Crippen LogP contribution in [0, 0.1) is 21.0 Å². The SMILES string of the molecule is C[C-]=O.C[C-]=O.[CH3-].[CH3-].[O-]C[C-](O)C[O-].[Rb+].[Rb+].[Re].[Rf]. The first-order valence-corrected chi connectivity index (χ1v) is 2.92. The molecule has 0 saturated carbocycles. The molecule has 0 aromatic carbocycles. The first kappa shape index (κ1) is 59.0. The molecule has 0 aromatic heterocycles. The molecule has 0 atom stereocenters. The predicted octanol–water partition coefficient (Wildman–Crippen LogP) is -7.25. The molecule has 0 heterocycles. The second-order valence-corrected chi connectivity index (χ2v) is 1.26. The molecule has 0 fully saturated rings. The van der Waals surface area contributed by atoms with Gasteiger partial charge in [0.05, 0.1) is 0 Å². The van der Waals surface area contributed by atoms with Crippen molar-refractivity contribution in [2.24, 2.45) is 0 Å². The van der Waals surface area contributed by atoms with E-state index >= 15 is 0 Å². The summed E-state index contributed by atoms with van der Waals surface area (Å²) in [4.78, 5) is 17.4. The van der Waals surface area contributed by atoms with E-state index in [4.69, 9.17) is 14.7 Å². The third kappa shape index (κ3) is 134. The summed E-state index contributed by atoms with van der Waals surface area (Å²) in [6.07, 6.45) is 2.48. The fourth-order valence-corrected chi connectivity index (χ4v) is 0.0417. The molecular weight excluding hydrogens is 812 g/mol. The molecule has 0 amide bonds. The van der Waals surface area contributed by atoms with Crippen LogP contribution < -0.4 is 127 Å². The summed E-state index contributed by atoms with van der Waals surface area (Å²) in [5.41, 5.74) is 0. The molecule has 1 radical (unpaired) electrons. The van der Waals surface area contributed by atoms with Crippen LogP contribution >= 0.6 is 0 Å². The summed E-state index contributed by atoms with van der Waals surface area (Å²) in [5, 5.41) is 26.7. The number of hydrogen-bond donors (Lipinski definition) is 1. The normalized spacial score (nSPS) is 4.78. The molecule has 99 valence electrons. The summed E-state index contributed by atoms with van der Waals surface area (Å²) in [6.45, 7) is 1.12. The van der Waals surface area contributed by atoms with E-state index in [1.165, 1.54) is 26.4 Å². The van der Waals surface area contributed by atoms with Gasteiger partial charge in [-0.3, -0.25) is 25.8 Å². The van der Waals surface area contributed by atoms with E-state index in [2.05, 4.69) is 0 Å². The van der Waals surface area contributed by atoms with E-state index in [9.17, 15) is 10.2 Å². The van der Waals surface area contributed by atoms with Crippen LogP contribution in [0.15, 0.2) is 0 Å². The average molecular weight is 829 g/mol. The van der Waals surface area contributed by atoms with Gasteiger partial charge >= 0.3 is 116 Å². The molecule has 0 aliphatic heterocycles. The Morgan fingerprint density at radius 2 is 1.11 bits per heavy atom. The van der Waals surface area contributed by atoms with Crippen LogP contribution in [-0.2, 0) is 30.0 Å². The molecule has 9 heteroatoms. The van der Waals surface area contributed by atoms with Crippen molar-refractivity contribution in [3.8, 4) is 0 Å². The Bertz CT molecular complexity index is 95.0. The van der Waals surface area contributed by atoms with Crippen molar-refractivity contribution in [2.75, 3.05) is 13.2 Å². The van der Waals surface area contributed by atoms with Crippen LogP contribution in [0.1, 0.15) is 13.8 Å². The molecule has 18 heavy (non-hydrogen) atoms. The van der Waals surface area contributed by atoms with Crippen LogP contribution in [-0.4, -0.2) is 30.9 Å². The molecule has 0 rings (SSSR count). The number of aliphatic hydroxyl groups is 1. The molecule has 0 saturated heterocycles.